The van der Waals surface area contributed by atoms with Gasteiger partial charge in [0.2, 0.25) is 5.78 Å². The average molecular weight is 384 g/mol. The van der Waals surface area contributed by atoms with Crippen LogP contribution in [0.3, 0.4) is 0 Å². The molecule has 0 fully saturated rings. The first kappa shape index (κ1) is 19.6. The number of carbonyl (C=O) groups is 2. The molecule has 1 aliphatic rings. The number of esters is 1. The predicted molar refractivity (Wildman–Crippen MR) is 102 cm³/mol. The molecule has 2 aromatic rings. The van der Waals surface area contributed by atoms with Gasteiger partial charge in [-0.2, -0.15) is 0 Å². The van der Waals surface area contributed by atoms with Crippen molar-refractivity contribution in [2.75, 3.05) is 6.61 Å². The van der Waals surface area contributed by atoms with E-state index >= 15 is 0 Å². The van der Waals surface area contributed by atoms with Crippen LogP contribution in [0.5, 0.6) is 11.5 Å². The highest BCUT2D eigenvalue weighted by Crippen LogP contribution is 2.37. The van der Waals surface area contributed by atoms with Crippen molar-refractivity contribution in [2.24, 2.45) is 0 Å². The lowest BCUT2D eigenvalue weighted by Gasteiger charge is -2.19. The van der Waals surface area contributed by atoms with Gasteiger partial charge in [-0.15, -0.1) is 0 Å². The summed E-state index contributed by atoms with van der Waals surface area (Å²) in [4.78, 5) is 24.5. The lowest BCUT2D eigenvalue weighted by molar-refractivity contribution is -0.157. The van der Waals surface area contributed by atoms with Crippen LogP contribution >= 0.6 is 0 Å². The molecule has 0 aromatic heterocycles. The number of carbonyl (C=O) groups excluding carboxylic acids is 2. The molecule has 0 bridgehead atoms. The number of halogens is 1. The fourth-order valence-electron chi connectivity index (χ4n) is 2.82. The minimum absolute atomic E-state index is 0.105. The Balaban J connectivity index is 1.78. The summed E-state index contributed by atoms with van der Waals surface area (Å²) in [6.07, 6.45) is 1.49. The van der Waals surface area contributed by atoms with E-state index in [1.807, 2.05) is 0 Å². The van der Waals surface area contributed by atoms with Crippen molar-refractivity contribution in [1.29, 1.82) is 0 Å². The Morgan fingerprint density at radius 2 is 1.96 bits per heavy atom. The molecule has 0 saturated heterocycles. The first-order valence-electron chi connectivity index (χ1n) is 8.81. The van der Waals surface area contributed by atoms with Crippen LogP contribution in [0.1, 0.15) is 42.3 Å². The maximum Gasteiger partial charge on any atom is 0.344 e. The number of Topliss-reactive ketones (excluding diaryl/α,β-unsaturated/α-hetero) is 1. The molecule has 2 aromatic carbocycles. The van der Waals surface area contributed by atoms with Gasteiger partial charge in [0.25, 0.3) is 0 Å². The zero-order valence-electron chi connectivity index (χ0n) is 16.2. The normalized spacial score (nSPS) is 14.6. The summed E-state index contributed by atoms with van der Waals surface area (Å²) >= 11 is 0. The Labute approximate surface area is 162 Å². The maximum absolute atomic E-state index is 13.4. The second kappa shape index (κ2) is 7.46. The number of ketones is 1. The van der Waals surface area contributed by atoms with E-state index in [4.69, 9.17) is 14.2 Å². The third-order valence-electron chi connectivity index (χ3n) is 3.87. The van der Waals surface area contributed by atoms with Crippen LogP contribution in [0.25, 0.3) is 6.08 Å². The number of allylic oxidation sites excluding steroid dienone is 1. The minimum atomic E-state index is -0.597. The van der Waals surface area contributed by atoms with Crippen molar-refractivity contribution in [2.45, 2.75) is 33.3 Å². The molecule has 28 heavy (non-hydrogen) atoms. The number of aryl methyl sites for hydroxylation is 1. The lowest BCUT2D eigenvalue weighted by atomic mass is 10.0. The zero-order valence-corrected chi connectivity index (χ0v) is 16.2. The van der Waals surface area contributed by atoms with E-state index in [-0.39, 0.29) is 18.1 Å². The average Bonchev–Trinajstić information content (AvgIpc) is 2.88. The Bertz CT molecular complexity index is 969. The van der Waals surface area contributed by atoms with Crippen molar-refractivity contribution < 1.29 is 28.2 Å². The second-order valence-corrected chi connectivity index (χ2v) is 7.48. The third kappa shape index (κ3) is 4.57. The SMILES string of the molecule is Cc1cc(OCC(=O)OC(C)(C)C)cc2c1C(=O)/C(=C/c1cccc(F)c1)O2. The highest BCUT2D eigenvalue weighted by atomic mass is 19.1. The van der Waals surface area contributed by atoms with E-state index in [9.17, 15) is 14.0 Å². The van der Waals surface area contributed by atoms with Crippen molar-refractivity contribution in [3.8, 4) is 11.5 Å². The second-order valence-electron chi connectivity index (χ2n) is 7.48. The Hall–Kier alpha value is -3.15. The largest absolute Gasteiger partial charge is 0.482 e. The number of hydrogen-bond donors (Lipinski definition) is 0. The van der Waals surface area contributed by atoms with Crippen LogP contribution in [-0.2, 0) is 9.53 Å². The van der Waals surface area contributed by atoms with Crippen molar-refractivity contribution in [3.63, 3.8) is 0 Å². The van der Waals surface area contributed by atoms with E-state index in [0.717, 1.165) is 0 Å². The summed E-state index contributed by atoms with van der Waals surface area (Å²) in [5.74, 6) is -0.335. The lowest BCUT2D eigenvalue weighted by Crippen LogP contribution is -2.27. The summed E-state index contributed by atoms with van der Waals surface area (Å²) in [5, 5.41) is 0. The summed E-state index contributed by atoms with van der Waals surface area (Å²) in [5.41, 5.74) is 1.01. The van der Waals surface area contributed by atoms with E-state index in [2.05, 4.69) is 0 Å². The quantitative estimate of drug-likeness (QED) is 0.575. The molecular weight excluding hydrogens is 363 g/mol. The summed E-state index contributed by atoms with van der Waals surface area (Å²) in [6, 6.07) is 9.09. The Morgan fingerprint density at radius 3 is 2.64 bits per heavy atom. The third-order valence-corrected chi connectivity index (χ3v) is 3.87. The first-order chi connectivity index (χ1) is 13.1. The van der Waals surface area contributed by atoms with Crippen molar-refractivity contribution >= 4 is 17.8 Å². The molecule has 0 amide bonds. The van der Waals surface area contributed by atoms with Crippen LogP contribution in [0.15, 0.2) is 42.2 Å². The fraction of sp³-hybridized carbons (Fsp3) is 0.273. The molecular formula is C22H21FO5. The number of rotatable bonds is 4. The minimum Gasteiger partial charge on any atom is -0.482 e. The Morgan fingerprint density at radius 1 is 1.21 bits per heavy atom. The molecule has 0 atom stereocenters. The van der Waals surface area contributed by atoms with Gasteiger partial charge in [0.15, 0.2) is 12.4 Å². The van der Waals surface area contributed by atoms with E-state index in [1.54, 1.807) is 52.0 Å². The van der Waals surface area contributed by atoms with Gasteiger partial charge in [0.1, 0.15) is 22.9 Å². The molecule has 0 aliphatic carbocycles. The van der Waals surface area contributed by atoms with Gasteiger partial charge in [-0.25, -0.2) is 9.18 Å². The molecule has 1 heterocycles. The highest BCUT2D eigenvalue weighted by molar-refractivity contribution is 6.15. The van der Waals surface area contributed by atoms with Crippen LogP contribution in [0.4, 0.5) is 4.39 Å². The van der Waals surface area contributed by atoms with Crippen LogP contribution < -0.4 is 9.47 Å². The van der Waals surface area contributed by atoms with Crippen molar-refractivity contribution in [1.82, 2.24) is 0 Å². The predicted octanol–water partition coefficient (Wildman–Crippen LogP) is 4.47. The fourth-order valence-corrected chi connectivity index (χ4v) is 2.82. The standard InChI is InChI=1S/C22H21FO5/c1-13-8-16(26-12-19(24)28-22(2,3)4)11-17-20(13)21(25)18(27-17)10-14-6-5-7-15(23)9-14/h5-11H,12H2,1-4H3/b18-10-. The van der Waals surface area contributed by atoms with Gasteiger partial charge < -0.3 is 14.2 Å². The van der Waals surface area contributed by atoms with E-state index in [0.29, 0.717) is 28.2 Å². The molecule has 146 valence electrons. The molecule has 1 aliphatic heterocycles. The zero-order chi connectivity index (χ0) is 20.5. The van der Waals surface area contributed by atoms with Crippen molar-refractivity contribution in [3.05, 3.63) is 64.7 Å². The molecule has 5 nitrogen and oxygen atoms in total. The molecule has 3 rings (SSSR count). The van der Waals surface area contributed by atoms with Crippen LogP contribution in [-0.4, -0.2) is 24.0 Å². The molecule has 0 radical (unpaired) electrons. The molecule has 0 saturated carbocycles. The number of ether oxygens (including phenoxy) is 3. The number of hydrogen-bond acceptors (Lipinski definition) is 5. The maximum atomic E-state index is 13.4. The Kier molecular flexibility index (Phi) is 5.23. The molecule has 0 unspecified atom stereocenters. The van der Waals surface area contributed by atoms with Gasteiger partial charge in [-0.05, 0) is 63.1 Å². The topological polar surface area (TPSA) is 61.8 Å². The van der Waals surface area contributed by atoms with Gasteiger partial charge >= 0.3 is 5.97 Å². The van der Waals surface area contributed by atoms with Gasteiger partial charge in [-0.1, -0.05) is 12.1 Å². The van der Waals surface area contributed by atoms with Gasteiger partial charge in [0.05, 0.1) is 5.56 Å². The number of fused-ring (bicyclic) bond motifs is 1. The molecule has 0 spiro atoms. The smallest absolute Gasteiger partial charge is 0.344 e. The monoisotopic (exact) mass is 384 g/mol. The van der Waals surface area contributed by atoms with Gasteiger partial charge in [0, 0.05) is 6.07 Å². The van der Waals surface area contributed by atoms with Gasteiger partial charge in [-0.3, -0.25) is 4.79 Å². The summed E-state index contributed by atoms with van der Waals surface area (Å²) < 4.78 is 29.7. The first-order valence-corrected chi connectivity index (χ1v) is 8.81. The molecule has 0 N–H and O–H groups in total. The molecule has 6 heteroatoms. The van der Waals surface area contributed by atoms with E-state index in [1.165, 1.54) is 18.2 Å². The summed E-state index contributed by atoms with van der Waals surface area (Å²) in [6.45, 7) is 6.82. The number of benzene rings is 2. The highest BCUT2D eigenvalue weighted by Gasteiger charge is 2.30. The van der Waals surface area contributed by atoms with Crippen LogP contribution in [0, 0.1) is 12.7 Å². The van der Waals surface area contributed by atoms with Crippen LogP contribution in [0.2, 0.25) is 0 Å². The van der Waals surface area contributed by atoms with E-state index < -0.39 is 17.4 Å². The summed E-state index contributed by atoms with van der Waals surface area (Å²) in [7, 11) is 0.